The minimum Gasteiger partial charge on any atom is -0.494 e. The van der Waals surface area contributed by atoms with Gasteiger partial charge >= 0.3 is 5.97 Å². The van der Waals surface area contributed by atoms with Crippen molar-refractivity contribution in [1.29, 1.82) is 0 Å². The number of rotatable bonds is 11. The van der Waals surface area contributed by atoms with Gasteiger partial charge in [0.2, 0.25) is 0 Å². The third-order valence-electron chi connectivity index (χ3n) is 6.10. The van der Waals surface area contributed by atoms with Crippen LogP contribution in [0.2, 0.25) is 0 Å². The summed E-state index contributed by atoms with van der Waals surface area (Å²) in [5, 5.41) is 14.4. The first-order valence-corrected chi connectivity index (χ1v) is 12.6. The number of anilines is 1. The molecule has 37 heavy (non-hydrogen) atoms. The van der Waals surface area contributed by atoms with E-state index >= 15 is 0 Å². The van der Waals surface area contributed by atoms with Crippen molar-refractivity contribution in [1.82, 2.24) is 4.57 Å². The Bertz CT molecular complexity index is 1340. The molecule has 0 radical (unpaired) electrons. The van der Waals surface area contributed by atoms with E-state index in [-0.39, 0.29) is 12.6 Å². The number of aromatic nitrogens is 1. The Labute approximate surface area is 217 Å². The summed E-state index contributed by atoms with van der Waals surface area (Å²) < 4.78 is 18.8. The maximum absolute atomic E-state index is 12.9. The number of aryl methyl sites for hydroxylation is 1. The van der Waals surface area contributed by atoms with Gasteiger partial charge in [-0.3, -0.25) is 0 Å². The molecule has 0 saturated carbocycles. The van der Waals surface area contributed by atoms with Gasteiger partial charge in [-0.1, -0.05) is 17.7 Å². The number of hydrogen-bond donors (Lipinski definition) is 2. The van der Waals surface area contributed by atoms with Crippen molar-refractivity contribution in [3.05, 3.63) is 83.6 Å². The van der Waals surface area contributed by atoms with Crippen LogP contribution in [0.5, 0.6) is 11.5 Å². The van der Waals surface area contributed by atoms with Gasteiger partial charge in [-0.25, -0.2) is 4.79 Å². The molecule has 0 spiro atoms. The van der Waals surface area contributed by atoms with Crippen molar-refractivity contribution in [2.24, 2.45) is 0 Å². The molecular formula is C30H34N2O5. The Morgan fingerprint density at radius 2 is 1.62 bits per heavy atom. The van der Waals surface area contributed by atoms with Crippen molar-refractivity contribution in [2.75, 3.05) is 31.7 Å². The number of carbonyl (C=O) groups is 1. The van der Waals surface area contributed by atoms with Gasteiger partial charge in [0.25, 0.3) is 0 Å². The molecule has 0 saturated heterocycles. The number of fused-ring (bicyclic) bond motifs is 1. The molecule has 0 bridgehead atoms. The lowest BCUT2D eigenvalue weighted by molar-refractivity contribution is 0.0527. The maximum atomic E-state index is 12.9. The van der Waals surface area contributed by atoms with Crippen molar-refractivity contribution in [3.63, 3.8) is 0 Å². The molecule has 194 valence electrons. The highest BCUT2D eigenvalue weighted by atomic mass is 16.5. The SMILES string of the molecule is CCOC(=O)c1c(C)n(-c2ccc(C)cc2)c2ccc(OC[C@H](O)CNc3ccc(OCC)cc3)cc12. The van der Waals surface area contributed by atoms with Gasteiger partial charge in [0.05, 0.1) is 24.3 Å². The van der Waals surface area contributed by atoms with Crippen LogP contribution < -0.4 is 14.8 Å². The molecule has 7 heteroatoms. The molecule has 3 aromatic carbocycles. The maximum Gasteiger partial charge on any atom is 0.340 e. The average molecular weight is 503 g/mol. The van der Waals surface area contributed by atoms with E-state index in [2.05, 4.69) is 9.88 Å². The minimum atomic E-state index is -0.731. The zero-order valence-electron chi connectivity index (χ0n) is 21.8. The molecule has 0 fully saturated rings. The summed E-state index contributed by atoms with van der Waals surface area (Å²) in [4.78, 5) is 12.9. The predicted octanol–water partition coefficient (Wildman–Crippen LogP) is 5.67. The van der Waals surface area contributed by atoms with E-state index in [0.717, 1.165) is 39.3 Å². The Morgan fingerprint density at radius 1 is 0.919 bits per heavy atom. The highest BCUT2D eigenvalue weighted by Gasteiger charge is 2.22. The second kappa shape index (κ2) is 11.8. The van der Waals surface area contributed by atoms with E-state index in [0.29, 0.717) is 31.1 Å². The summed E-state index contributed by atoms with van der Waals surface area (Å²) >= 11 is 0. The number of aliphatic hydroxyl groups is 1. The van der Waals surface area contributed by atoms with Gasteiger partial charge in [0.15, 0.2) is 0 Å². The fourth-order valence-corrected chi connectivity index (χ4v) is 4.30. The van der Waals surface area contributed by atoms with E-state index in [4.69, 9.17) is 14.2 Å². The van der Waals surface area contributed by atoms with Crippen LogP contribution in [-0.2, 0) is 4.74 Å². The molecule has 1 aromatic heterocycles. The summed E-state index contributed by atoms with van der Waals surface area (Å²) in [6.45, 7) is 9.03. The van der Waals surface area contributed by atoms with Crippen molar-refractivity contribution in [3.8, 4) is 17.2 Å². The van der Waals surface area contributed by atoms with Crippen molar-refractivity contribution >= 4 is 22.6 Å². The van der Waals surface area contributed by atoms with E-state index in [1.807, 2.05) is 87.5 Å². The molecule has 2 N–H and O–H groups in total. The summed E-state index contributed by atoms with van der Waals surface area (Å²) in [5.41, 5.74) is 5.21. The summed E-state index contributed by atoms with van der Waals surface area (Å²) in [6.07, 6.45) is -0.731. The number of nitrogens with zero attached hydrogens (tertiary/aromatic N) is 1. The third-order valence-corrected chi connectivity index (χ3v) is 6.10. The zero-order chi connectivity index (χ0) is 26.4. The van der Waals surface area contributed by atoms with Crippen molar-refractivity contribution < 1.29 is 24.1 Å². The van der Waals surface area contributed by atoms with Crippen LogP contribution >= 0.6 is 0 Å². The number of aliphatic hydroxyl groups excluding tert-OH is 1. The normalized spacial score (nSPS) is 11.8. The van der Waals surface area contributed by atoms with Gasteiger partial charge in [-0.05, 0) is 82.3 Å². The van der Waals surface area contributed by atoms with Gasteiger partial charge in [-0.2, -0.15) is 0 Å². The zero-order valence-corrected chi connectivity index (χ0v) is 21.8. The standard InChI is InChI=1S/C30H34N2O5/c1-5-35-25-13-9-22(10-14-25)31-18-24(33)19-37-26-15-16-28-27(17-26)29(30(34)36-6-2)21(4)32(28)23-11-7-20(3)8-12-23/h7-17,24,31,33H,5-6,18-19H2,1-4H3/t24-/m1/s1. The Hall–Kier alpha value is -3.97. The van der Waals surface area contributed by atoms with Crippen LogP contribution in [0.15, 0.2) is 66.7 Å². The molecule has 0 aliphatic carbocycles. The second-order valence-electron chi connectivity index (χ2n) is 8.83. The van der Waals surface area contributed by atoms with Gasteiger partial charge in [0, 0.05) is 29.0 Å². The number of carbonyl (C=O) groups excluding carboxylic acids is 1. The fraction of sp³-hybridized carbons (Fsp3) is 0.300. The Balaban J connectivity index is 1.51. The number of ether oxygens (including phenoxy) is 3. The number of esters is 1. The lowest BCUT2D eigenvalue weighted by atomic mass is 10.1. The Kier molecular flexibility index (Phi) is 8.36. The lowest BCUT2D eigenvalue weighted by Crippen LogP contribution is -2.26. The van der Waals surface area contributed by atoms with Crippen LogP contribution in [0.1, 0.15) is 35.5 Å². The summed E-state index contributed by atoms with van der Waals surface area (Å²) in [5.74, 6) is 1.01. The molecule has 7 nitrogen and oxygen atoms in total. The third kappa shape index (κ3) is 6.06. The number of benzene rings is 3. The van der Waals surface area contributed by atoms with Crippen molar-refractivity contribution in [2.45, 2.75) is 33.8 Å². The van der Waals surface area contributed by atoms with Crippen LogP contribution in [0.3, 0.4) is 0 Å². The smallest absolute Gasteiger partial charge is 0.340 e. The lowest BCUT2D eigenvalue weighted by Gasteiger charge is -2.15. The highest BCUT2D eigenvalue weighted by Crippen LogP contribution is 2.33. The second-order valence-corrected chi connectivity index (χ2v) is 8.83. The molecule has 4 aromatic rings. The van der Waals surface area contributed by atoms with Gasteiger partial charge in [-0.15, -0.1) is 0 Å². The van der Waals surface area contributed by atoms with Crippen LogP contribution in [-0.4, -0.2) is 48.1 Å². The van der Waals surface area contributed by atoms with Crippen LogP contribution in [0, 0.1) is 13.8 Å². The van der Waals surface area contributed by atoms with E-state index < -0.39 is 6.10 Å². The van der Waals surface area contributed by atoms with Crippen LogP contribution in [0.4, 0.5) is 5.69 Å². The molecule has 0 aliphatic heterocycles. The largest absolute Gasteiger partial charge is 0.494 e. The highest BCUT2D eigenvalue weighted by molar-refractivity contribution is 6.07. The molecule has 0 aliphatic rings. The first-order valence-electron chi connectivity index (χ1n) is 12.6. The molecule has 4 rings (SSSR count). The van der Waals surface area contributed by atoms with Gasteiger partial charge < -0.3 is 29.2 Å². The molecule has 1 heterocycles. The molecule has 0 amide bonds. The predicted molar refractivity (Wildman–Crippen MR) is 146 cm³/mol. The summed E-state index contributed by atoms with van der Waals surface area (Å²) in [7, 11) is 0. The van der Waals surface area contributed by atoms with E-state index in [1.165, 1.54) is 0 Å². The summed E-state index contributed by atoms with van der Waals surface area (Å²) in [6, 6.07) is 21.4. The average Bonchev–Trinajstić information content (AvgIpc) is 3.19. The first kappa shape index (κ1) is 26.1. The minimum absolute atomic E-state index is 0.0991. The number of hydrogen-bond acceptors (Lipinski definition) is 6. The monoisotopic (exact) mass is 502 g/mol. The van der Waals surface area contributed by atoms with Gasteiger partial charge in [0.1, 0.15) is 24.2 Å². The van der Waals surface area contributed by atoms with E-state index in [1.54, 1.807) is 6.92 Å². The Morgan fingerprint density at radius 3 is 2.30 bits per heavy atom. The quantitative estimate of drug-likeness (QED) is 0.257. The fourth-order valence-electron chi connectivity index (χ4n) is 4.30. The van der Waals surface area contributed by atoms with E-state index in [9.17, 15) is 9.90 Å². The number of nitrogens with one attached hydrogen (secondary N) is 1. The molecule has 1 atom stereocenters. The molecular weight excluding hydrogens is 468 g/mol. The first-order chi connectivity index (χ1) is 17.9. The molecule has 0 unspecified atom stereocenters. The topological polar surface area (TPSA) is 82.0 Å². The van der Waals surface area contributed by atoms with Crippen LogP contribution in [0.25, 0.3) is 16.6 Å².